The van der Waals surface area contributed by atoms with Crippen LogP contribution in [0.1, 0.15) is 18.9 Å². The van der Waals surface area contributed by atoms with Crippen molar-refractivity contribution in [3.05, 3.63) is 35.6 Å². The third-order valence-corrected chi connectivity index (χ3v) is 1.74. The van der Waals surface area contributed by atoms with E-state index in [4.69, 9.17) is 0 Å². The molecule has 1 rings (SSSR count). The fourth-order valence-electron chi connectivity index (χ4n) is 1.21. The molecular weight excluding hydrogens is 183 g/mol. The Labute approximate surface area is 81.7 Å². The van der Waals surface area contributed by atoms with Crippen molar-refractivity contribution in [2.45, 2.75) is 19.8 Å². The zero-order valence-electron chi connectivity index (χ0n) is 7.92. The van der Waals surface area contributed by atoms with Crippen LogP contribution in [0.5, 0.6) is 0 Å². The second-order valence-corrected chi connectivity index (χ2v) is 3.22. The predicted octanol–water partition coefficient (Wildman–Crippen LogP) is 1.92. The molecule has 0 fully saturated rings. The number of benzene rings is 1. The van der Waals surface area contributed by atoms with Crippen LogP contribution in [0, 0.1) is 5.82 Å². The molecule has 74 valence electrons. The van der Waals surface area contributed by atoms with Crippen LogP contribution in [0.2, 0.25) is 0 Å². The molecule has 0 spiro atoms. The molecule has 0 aliphatic rings. The topological polar surface area (TPSA) is 34.1 Å². The summed E-state index contributed by atoms with van der Waals surface area (Å²) in [6.07, 6.45) is 0.0495. The van der Waals surface area contributed by atoms with E-state index in [1.807, 2.05) is 0 Å². The van der Waals surface area contributed by atoms with Crippen molar-refractivity contribution < 1.29 is 14.0 Å². The molecule has 2 nitrogen and oxygen atoms in total. The predicted molar refractivity (Wildman–Crippen MR) is 50.4 cm³/mol. The number of halogens is 1. The van der Waals surface area contributed by atoms with Gasteiger partial charge >= 0.3 is 0 Å². The number of carbonyl (C=O) groups excluding carboxylic acids is 2. The second kappa shape index (κ2) is 4.65. The molecule has 0 saturated heterocycles. The van der Waals surface area contributed by atoms with Gasteiger partial charge in [-0.2, -0.15) is 0 Å². The maximum absolute atomic E-state index is 12.7. The van der Waals surface area contributed by atoms with Gasteiger partial charge in [0.15, 0.2) is 0 Å². The summed E-state index contributed by atoms with van der Waals surface area (Å²) in [6.45, 7) is 1.36. The molecular formula is C11H11FO2. The minimum atomic E-state index is -0.363. The normalized spacial score (nSPS) is 9.86. The number of ketones is 2. The summed E-state index contributed by atoms with van der Waals surface area (Å²) in [7, 11) is 0. The number of rotatable bonds is 4. The van der Waals surface area contributed by atoms with Crippen LogP contribution >= 0.6 is 0 Å². The second-order valence-electron chi connectivity index (χ2n) is 3.22. The molecule has 1 aromatic rings. The molecule has 0 radical (unpaired) electrons. The van der Waals surface area contributed by atoms with Crippen molar-refractivity contribution in [2.75, 3.05) is 0 Å². The molecule has 3 heteroatoms. The first-order valence-electron chi connectivity index (χ1n) is 4.33. The van der Waals surface area contributed by atoms with Gasteiger partial charge in [0.25, 0.3) is 0 Å². The van der Waals surface area contributed by atoms with E-state index in [0.29, 0.717) is 5.56 Å². The van der Waals surface area contributed by atoms with Gasteiger partial charge in [-0.05, 0) is 24.6 Å². The zero-order chi connectivity index (χ0) is 10.6. The fourth-order valence-corrected chi connectivity index (χ4v) is 1.21. The van der Waals surface area contributed by atoms with E-state index >= 15 is 0 Å². The average molecular weight is 194 g/mol. The Kier molecular flexibility index (Phi) is 3.51. The van der Waals surface area contributed by atoms with Gasteiger partial charge in [0.1, 0.15) is 17.4 Å². The molecule has 0 bridgehead atoms. The molecule has 0 aliphatic carbocycles. The molecule has 0 heterocycles. The Morgan fingerprint density at radius 1 is 1.36 bits per heavy atom. The molecule has 0 amide bonds. The first-order chi connectivity index (χ1) is 6.58. The van der Waals surface area contributed by atoms with Crippen LogP contribution < -0.4 is 0 Å². The smallest absolute Gasteiger partial charge is 0.144 e. The quantitative estimate of drug-likeness (QED) is 0.686. The lowest BCUT2D eigenvalue weighted by Crippen LogP contribution is -2.07. The van der Waals surface area contributed by atoms with Gasteiger partial charge in [-0.3, -0.25) is 9.59 Å². The lowest BCUT2D eigenvalue weighted by molar-refractivity contribution is -0.125. The highest BCUT2D eigenvalue weighted by Crippen LogP contribution is 2.05. The molecule has 0 aromatic heterocycles. The van der Waals surface area contributed by atoms with Crippen molar-refractivity contribution in [3.8, 4) is 0 Å². The number of Topliss-reactive ketones (excluding diaryl/α,β-unsaturated/α-hetero) is 2. The molecule has 0 N–H and O–H groups in total. The summed E-state index contributed by atoms with van der Waals surface area (Å²) in [5, 5.41) is 0. The van der Waals surface area contributed by atoms with E-state index in [-0.39, 0.29) is 30.2 Å². The largest absolute Gasteiger partial charge is 0.300 e. The lowest BCUT2D eigenvalue weighted by atomic mass is 10.1. The highest BCUT2D eigenvalue weighted by molar-refractivity contribution is 5.98. The highest BCUT2D eigenvalue weighted by Gasteiger charge is 2.06. The Hall–Kier alpha value is -1.51. The monoisotopic (exact) mass is 194 g/mol. The minimum absolute atomic E-state index is 0.0729. The van der Waals surface area contributed by atoms with Gasteiger partial charge in [-0.25, -0.2) is 4.39 Å². The molecule has 0 aliphatic heterocycles. The molecule has 1 aromatic carbocycles. The molecule has 0 unspecified atom stereocenters. The summed E-state index contributed by atoms with van der Waals surface area (Å²) in [6, 6.07) is 5.84. The Morgan fingerprint density at radius 3 is 2.64 bits per heavy atom. The van der Waals surface area contributed by atoms with Gasteiger partial charge in [0, 0.05) is 6.42 Å². The fraction of sp³-hybridized carbons (Fsp3) is 0.273. The first kappa shape index (κ1) is 10.6. The number of hydrogen-bond donors (Lipinski definition) is 0. The van der Waals surface area contributed by atoms with Crippen molar-refractivity contribution >= 4 is 11.6 Å². The Bertz CT molecular complexity index is 358. The van der Waals surface area contributed by atoms with Gasteiger partial charge in [0.2, 0.25) is 0 Å². The third-order valence-electron chi connectivity index (χ3n) is 1.74. The van der Waals surface area contributed by atoms with Gasteiger partial charge < -0.3 is 0 Å². The van der Waals surface area contributed by atoms with E-state index in [1.165, 1.54) is 19.1 Å². The average Bonchev–Trinajstić information content (AvgIpc) is 2.01. The number of carbonyl (C=O) groups is 2. The maximum Gasteiger partial charge on any atom is 0.144 e. The van der Waals surface area contributed by atoms with Gasteiger partial charge in [0.05, 0.1) is 6.42 Å². The van der Waals surface area contributed by atoms with E-state index < -0.39 is 0 Å². The summed E-state index contributed by atoms with van der Waals surface area (Å²) in [5.74, 6) is -0.701. The summed E-state index contributed by atoms with van der Waals surface area (Å²) in [5.41, 5.74) is 0.608. The van der Waals surface area contributed by atoms with E-state index in [2.05, 4.69) is 0 Å². The Morgan fingerprint density at radius 2 is 2.07 bits per heavy atom. The SMILES string of the molecule is CC(=O)CC(=O)Cc1cccc(F)c1. The standard InChI is InChI=1S/C11H11FO2/c1-8(13)5-11(14)7-9-3-2-4-10(12)6-9/h2-4,6H,5,7H2,1H3. The van der Waals surface area contributed by atoms with Crippen LogP contribution in [0.3, 0.4) is 0 Å². The molecule has 0 saturated carbocycles. The molecule has 14 heavy (non-hydrogen) atoms. The molecule has 0 atom stereocenters. The van der Waals surface area contributed by atoms with E-state index in [1.54, 1.807) is 12.1 Å². The lowest BCUT2D eigenvalue weighted by Gasteiger charge is -1.99. The zero-order valence-corrected chi connectivity index (χ0v) is 7.92. The first-order valence-corrected chi connectivity index (χ1v) is 4.33. The Balaban J connectivity index is 2.60. The van der Waals surface area contributed by atoms with Crippen molar-refractivity contribution in [3.63, 3.8) is 0 Å². The summed E-state index contributed by atoms with van der Waals surface area (Å²) >= 11 is 0. The van der Waals surface area contributed by atoms with E-state index in [0.717, 1.165) is 0 Å². The maximum atomic E-state index is 12.7. The summed E-state index contributed by atoms with van der Waals surface area (Å²) in [4.78, 5) is 21.8. The van der Waals surface area contributed by atoms with Gasteiger partial charge in [-0.15, -0.1) is 0 Å². The van der Waals surface area contributed by atoms with E-state index in [9.17, 15) is 14.0 Å². The van der Waals surface area contributed by atoms with Crippen molar-refractivity contribution in [2.24, 2.45) is 0 Å². The third kappa shape index (κ3) is 3.47. The van der Waals surface area contributed by atoms with Crippen LogP contribution in [0.25, 0.3) is 0 Å². The van der Waals surface area contributed by atoms with Crippen LogP contribution in [-0.4, -0.2) is 11.6 Å². The minimum Gasteiger partial charge on any atom is -0.300 e. The van der Waals surface area contributed by atoms with Crippen molar-refractivity contribution in [1.29, 1.82) is 0 Å². The summed E-state index contributed by atoms with van der Waals surface area (Å²) < 4.78 is 12.7. The highest BCUT2D eigenvalue weighted by atomic mass is 19.1. The van der Waals surface area contributed by atoms with Crippen LogP contribution in [0.4, 0.5) is 4.39 Å². The van der Waals surface area contributed by atoms with Crippen molar-refractivity contribution in [1.82, 2.24) is 0 Å². The van der Waals surface area contributed by atoms with Gasteiger partial charge in [-0.1, -0.05) is 12.1 Å². The van der Waals surface area contributed by atoms with Crippen LogP contribution in [-0.2, 0) is 16.0 Å². The van der Waals surface area contributed by atoms with Crippen LogP contribution in [0.15, 0.2) is 24.3 Å². The number of hydrogen-bond acceptors (Lipinski definition) is 2.